The number of phenols is 1. The lowest BCUT2D eigenvalue weighted by Gasteiger charge is -2.08. The quantitative estimate of drug-likeness (QED) is 0.774. The SMILES string of the molecule is NC1(CCc2ccc(O)cc2F)CC1. The zero-order valence-electron chi connectivity index (χ0n) is 7.96. The van der Waals surface area contributed by atoms with Crippen LogP contribution in [-0.2, 0) is 6.42 Å². The molecular formula is C11H14FNO. The number of benzene rings is 1. The molecule has 0 aromatic heterocycles. The molecule has 0 atom stereocenters. The molecule has 1 saturated carbocycles. The molecule has 0 saturated heterocycles. The molecule has 0 spiro atoms. The largest absolute Gasteiger partial charge is 0.508 e. The molecule has 3 N–H and O–H groups in total. The standard InChI is InChI=1S/C11H14FNO/c12-10-7-9(14)2-1-8(10)3-4-11(13)5-6-11/h1-2,7,14H,3-6,13H2. The Bertz CT molecular complexity index is 347. The Balaban J connectivity index is 2.02. The van der Waals surface area contributed by atoms with Gasteiger partial charge in [0.2, 0.25) is 0 Å². The van der Waals surface area contributed by atoms with Crippen LogP contribution in [0.15, 0.2) is 18.2 Å². The Hall–Kier alpha value is -1.09. The number of aromatic hydroxyl groups is 1. The highest BCUT2D eigenvalue weighted by atomic mass is 19.1. The second-order valence-corrected chi connectivity index (χ2v) is 4.14. The molecule has 1 aromatic carbocycles. The van der Waals surface area contributed by atoms with Crippen LogP contribution >= 0.6 is 0 Å². The fraction of sp³-hybridized carbons (Fsp3) is 0.455. The third-order valence-corrected chi connectivity index (χ3v) is 2.82. The van der Waals surface area contributed by atoms with Crippen LogP contribution in [0.1, 0.15) is 24.8 Å². The van der Waals surface area contributed by atoms with Gasteiger partial charge in [0.1, 0.15) is 11.6 Å². The van der Waals surface area contributed by atoms with Gasteiger partial charge in [-0.25, -0.2) is 4.39 Å². The summed E-state index contributed by atoms with van der Waals surface area (Å²) in [5, 5.41) is 9.01. The van der Waals surface area contributed by atoms with Crippen molar-refractivity contribution >= 4 is 0 Å². The third-order valence-electron chi connectivity index (χ3n) is 2.82. The van der Waals surface area contributed by atoms with E-state index in [0.29, 0.717) is 12.0 Å². The van der Waals surface area contributed by atoms with E-state index in [-0.39, 0.29) is 17.1 Å². The van der Waals surface area contributed by atoms with Gasteiger partial charge in [0.25, 0.3) is 0 Å². The lowest BCUT2D eigenvalue weighted by molar-refractivity contribution is 0.467. The van der Waals surface area contributed by atoms with Crippen molar-refractivity contribution in [3.8, 4) is 5.75 Å². The number of rotatable bonds is 3. The summed E-state index contributed by atoms with van der Waals surface area (Å²) in [6.45, 7) is 0. The molecule has 1 aliphatic rings. The summed E-state index contributed by atoms with van der Waals surface area (Å²) in [5.41, 5.74) is 6.50. The van der Waals surface area contributed by atoms with E-state index in [1.165, 1.54) is 6.07 Å². The van der Waals surface area contributed by atoms with Gasteiger partial charge in [-0.1, -0.05) is 6.07 Å². The Morgan fingerprint density at radius 1 is 1.43 bits per heavy atom. The fourth-order valence-electron chi connectivity index (χ4n) is 1.53. The zero-order chi connectivity index (χ0) is 10.2. The smallest absolute Gasteiger partial charge is 0.130 e. The van der Waals surface area contributed by atoms with Crippen molar-refractivity contribution < 1.29 is 9.50 Å². The molecule has 0 radical (unpaired) electrons. The highest BCUT2D eigenvalue weighted by Gasteiger charge is 2.37. The van der Waals surface area contributed by atoms with E-state index in [1.54, 1.807) is 6.07 Å². The number of nitrogens with two attached hydrogens (primary N) is 1. The first kappa shape index (κ1) is 9.46. The van der Waals surface area contributed by atoms with Crippen molar-refractivity contribution in [2.45, 2.75) is 31.2 Å². The van der Waals surface area contributed by atoms with Gasteiger partial charge in [-0.2, -0.15) is 0 Å². The number of hydrogen-bond donors (Lipinski definition) is 2. The maximum atomic E-state index is 13.2. The van der Waals surface area contributed by atoms with Gasteiger partial charge in [-0.3, -0.25) is 0 Å². The van der Waals surface area contributed by atoms with Gasteiger partial charge >= 0.3 is 0 Å². The van der Waals surface area contributed by atoms with Crippen LogP contribution in [0.3, 0.4) is 0 Å². The maximum Gasteiger partial charge on any atom is 0.130 e. The van der Waals surface area contributed by atoms with Gasteiger partial charge in [0.05, 0.1) is 0 Å². The molecule has 1 fully saturated rings. The predicted octanol–water partition coefficient (Wildman–Crippen LogP) is 1.96. The molecule has 2 nitrogen and oxygen atoms in total. The molecule has 0 amide bonds. The third kappa shape index (κ3) is 2.04. The van der Waals surface area contributed by atoms with E-state index in [1.807, 2.05) is 0 Å². The second kappa shape index (κ2) is 3.24. The average molecular weight is 195 g/mol. The molecule has 2 rings (SSSR count). The van der Waals surface area contributed by atoms with Crippen molar-refractivity contribution in [3.63, 3.8) is 0 Å². The van der Waals surface area contributed by atoms with Crippen molar-refractivity contribution in [2.75, 3.05) is 0 Å². The molecule has 0 unspecified atom stereocenters. The predicted molar refractivity (Wildman–Crippen MR) is 52.5 cm³/mol. The summed E-state index contributed by atoms with van der Waals surface area (Å²) in [4.78, 5) is 0. The fourth-order valence-corrected chi connectivity index (χ4v) is 1.53. The van der Waals surface area contributed by atoms with Crippen LogP contribution in [0, 0.1) is 5.82 Å². The first-order valence-corrected chi connectivity index (χ1v) is 4.85. The summed E-state index contributed by atoms with van der Waals surface area (Å²) in [5.74, 6) is -0.366. The number of hydrogen-bond acceptors (Lipinski definition) is 2. The second-order valence-electron chi connectivity index (χ2n) is 4.14. The van der Waals surface area contributed by atoms with E-state index in [0.717, 1.165) is 25.3 Å². The highest BCUT2D eigenvalue weighted by molar-refractivity contribution is 5.28. The molecule has 0 bridgehead atoms. The van der Waals surface area contributed by atoms with Crippen LogP contribution in [0.25, 0.3) is 0 Å². The van der Waals surface area contributed by atoms with Crippen LogP contribution in [-0.4, -0.2) is 10.6 Å². The number of halogens is 1. The summed E-state index contributed by atoms with van der Waals surface area (Å²) in [6.07, 6.45) is 3.58. The Labute approximate surface area is 82.5 Å². The van der Waals surface area contributed by atoms with Crippen molar-refractivity contribution in [2.24, 2.45) is 5.73 Å². The van der Waals surface area contributed by atoms with Crippen molar-refractivity contribution in [3.05, 3.63) is 29.6 Å². The molecule has 0 heterocycles. The first-order valence-electron chi connectivity index (χ1n) is 4.85. The van der Waals surface area contributed by atoms with Crippen LogP contribution in [0.5, 0.6) is 5.75 Å². The van der Waals surface area contributed by atoms with Gasteiger partial charge in [0, 0.05) is 11.6 Å². The normalized spacial score (nSPS) is 18.1. The zero-order valence-corrected chi connectivity index (χ0v) is 7.96. The monoisotopic (exact) mass is 195 g/mol. The Morgan fingerprint density at radius 2 is 2.14 bits per heavy atom. The van der Waals surface area contributed by atoms with Crippen molar-refractivity contribution in [1.82, 2.24) is 0 Å². The Morgan fingerprint density at radius 3 is 2.71 bits per heavy atom. The van der Waals surface area contributed by atoms with Gasteiger partial charge < -0.3 is 10.8 Å². The lowest BCUT2D eigenvalue weighted by atomic mass is 10.0. The van der Waals surface area contributed by atoms with Gasteiger partial charge in [-0.15, -0.1) is 0 Å². The van der Waals surface area contributed by atoms with E-state index in [2.05, 4.69) is 0 Å². The van der Waals surface area contributed by atoms with E-state index >= 15 is 0 Å². The molecule has 14 heavy (non-hydrogen) atoms. The summed E-state index contributed by atoms with van der Waals surface area (Å²) < 4.78 is 13.2. The summed E-state index contributed by atoms with van der Waals surface area (Å²) >= 11 is 0. The molecule has 3 heteroatoms. The molecule has 76 valence electrons. The summed E-state index contributed by atoms with van der Waals surface area (Å²) in [6, 6.07) is 4.27. The molecule has 1 aliphatic carbocycles. The van der Waals surface area contributed by atoms with Crippen LogP contribution in [0.4, 0.5) is 4.39 Å². The highest BCUT2D eigenvalue weighted by Crippen LogP contribution is 2.36. The molecular weight excluding hydrogens is 181 g/mol. The lowest BCUT2D eigenvalue weighted by Crippen LogP contribution is -2.22. The van der Waals surface area contributed by atoms with Crippen LogP contribution in [0.2, 0.25) is 0 Å². The molecule has 1 aromatic rings. The van der Waals surface area contributed by atoms with Crippen molar-refractivity contribution in [1.29, 1.82) is 0 Å². The minimum atomic E-state index is -0.339. The average Bonchev–Trinajstić information content (AvgIpc) is 2.83. The van der Waals surface area contributed by atoms with E-state index < -0.39 is 0 Å². The van der Waals surface area contributed by atoms with Crippen LogP contribution < -0.4 is 5.73 Å². The van der Waals surface area contributed by atoms with E-state index in [9.17, 15) is 4.39 Å². The first-order chi connectivity index (χ1) is 6.59. The number of aryl methyl sites for hydroxylation is 1. The topological polar surface area (TPSA) is 46.2 Å². The minimum Gasteiger partial charge on any atom is -0.508 e. The van der Waals surface area contributed by atoms with Gasteiger partial charge in [-0.05, 0) is 37.3 Å². The summed E-state index contributed by atoms with van der Waals surface area (Å²) in [7, 11) is 0. The molecule has 0 aliphatic heterocycles. The minimum absolute atomic E-state index is 0.0277. The Kier molecular flexibility index (Phi) is 2.19. The number of phenolic OH excluding ortho intramolecular Hbond substituents is 1. The maximum absolute atomic E-state index is 13.2. The van der Waals surface area contributed by atoms with Gasteiger partial charge in [0.15, 0.2) is 0 Å². The van der Waals surface area contributed by atoms with E-state index in [4.69, 9.17) is 10.8 Å².